The number of rotatable bonds is 9. The third-order valence-corrected chi connectivity index (χ3v) is 4.74. The van der Waals surface area contributed by atoms with Gasteiger partial charge >= 0.3 is 5.97 Å². The molecular weight excluding hydrogens is 356 g/mol. The van der Waals surface area contributed by atoms with E-state index in [0.717, 1.165) is 16.1 Å². The van der Waals surface area contributed by atoms with Crippen molar-refractivity contribution in [2.24, 2.45) is 0 Å². The fourth-order valence-corrected chi connectivity index (χ4v) is 3.22. The Morgan fingerprint density at radius 1 is 1.19 bits per heavy atom. The molecule has 0 atom stereocenters. The summed E-state index contributed by atoms with van der Waals surface area (Å²) in [7, 11) is -3.69. The third-order valence-electron chi connectivity index (χ3n) is 3.61. The van der Waals surface area contributed by atoms with Crippen LogP contribution >= 0.6 is 0 Å². The predicted molar refractivity (Wildman–Crippen MR) is 101 cm³/mol. The van der Waals surface area contributed by atoms with Crippen LogP contribution in [-0.2, 0) is 24.3 Å². The molecule has 0 unspecified atom stereocenters. The van der Waals surface area contributed by atoms with Crippen LogP contribution in [0.3, 0.4) is 0 Å². The number of carbonyl (C=O) groups excluding carboxylic acids is 2. The van der Waals surface area contributed by atoms with E-state index >= 15 is 0 Å². The van der Waals surface area contributed by atoms with E-state index in [1.165, 1.54) is 4.90 Å². The summed E-state index contributed by atoms with van der Waals surface area (Å²) in [6.07, 6.45) is 1.02. The summed E-state index contributed by atoms with van der Waals surface area (Å²) < 4.78 is 30.1. The lowest BCUT2D eigenvalue weighted by Gasteiger charge is -2.24. The van der Waals surface area contributed by atoms with E-state index in [1.807, 2.05) is 6.92 Å². The van der Waals surface area contributed by atoms with E-state index < -0.39 is 29.1 Å². The molecule has 0 N–H and O–H groups in total. The van der Waals surface area contributed by atoms with Crippen LogP contribution in [0.25, 0.3) is 0 Å². The van der Waals surface area contributed by atoms with E-state index in [-0.39, 0.29) is 5.91 Å². The van der Waals surface area contributed by atoms with Gasteiger partial charge in [0, 0.05) is 13.1 Å². The smallest absolute Gasteiger partial charge is 0.327 e. The average Bonchev–Trinajstić information content (AvgIpc) is 2.55. The molecule has 0 aliphatic heterocycles. The molecule has 0 saturated carbocycles. The SMILES string of the molecule is C=C(C)CN(CC)C(=O)COC(=O)CN(c1ccccc1C)S(C)(=O)=O. The molecular formula is C18H26N2O5S. The Labute approximate surface area is 155 Å². The minimum absolute atomic E-state index is 0.356. The number of carbonyl (C=O) groups is 2. The first kappa shape index (κ1) is 21.7. The second kappa shape index (κ2) is 9.38. The van der Waals surface area contributed by atoms with Crippen molar-refractivity contribution in [2.75, 3.05) is 36.8 Å². The van der Waals surface area contributed by atoms with Gasteiger partial charge in [0.15, 0.2) is 6.61 Å². The highest BCUT2D eigenvalue weighted by molar-refractivity contribution is 7.92. The molecule has 0 aromatic heterocycles. The van der Waals surface area contributed by atoms with Crippen molar-refractivity contribution in [3.8, 4) is 0 Å². The lowest BCUT2D eigenvalue weighted by molar-refractivity contribution is -0.150. The maximum atomic E-state index is 12.1. The number of anilines is 1. The zero-order valence-corrected chi connectivity index (χ0v) is 16.5. The van der Waals surface area contributed by atoms with Gasteiger partial charge in [-0.1, -0.05) is 30.4 Å². The largest absolute Gasteiger partial charge is 0.454 e. The van der Waals surface area contributed by atoms with Crippen molar-refractivity contribution < 1.29 is 22.7 Å². The van der Waals surface area contributed by atoms with Gasteiger partial charge in [-0.15, -0.1) is 0 Å². The minimum Gasteiger partial charge on any atom is -0.454 e. The maximum Gasteiger partial charge on any atom is 0.327 e. The van der Waals surface area contributed by atoms with Gasteiger partial charge in [0.05, 0.1) is 11.9 Å². The van der Waals surface area contributed by atoms with Crippen molar-refractivity contribution in [2.45, 2.75) is 20.8 Å². The monoisotopic (exact) mass is 382 g/mol. The second-order valence-electron chi connectivity index (χ2n) is 6.08. The number of hydrogen-bond acceptors (Lipinski definition) is 5. The van der Waals surface area contributed by atoms with E-state index in [1.54, 1.807) is 38.1 Å². The van der Waals surface area contributed by atoms with Crippen molar-refractivity contribution in [1.82, 2.24) is 4.90 Å². The van der Waals surface area contributed by atoms with Gasteiger partial charge in [0.25, 0.3) is 5.91 Å². The minimum atomic E-state index is -3.69. The van der Waals surface area contributed by atoms with Crippen LogP contribution in [0.4, 0.5) is 5.69 Å². The van der Waals surface area contributed by atoms with Gasteiger partial charge in [0.1, 0.15) is 6.54 Å². The Morgan fingerprint density at radius 3 is 2.31 bits per heavy atom. The quantitative estimate of drug-likeness (QED) is 0.480. The molecule has 26 heavy (non-hydrogen) atoms. The average molecular weight is 382 g/mol. The number of amides is 1. The number of aryl methyl sites for hydroxylation is 1. The number of sulfonamides is 1. The molecule has 0 bridgehead atoms. The summed E-state index contributed by atoms with van der Waals surface area (Å²) in [5.74, 6) is -1.15. The zero-order chi connectivity index (χ0) is 19.9. The molecule has 1 rings (SSSR count). The molecule has 8 heteroatoms. The standard InChI is InChI=1S/C18H26N2O5S/c1-6-19(11-14(2)3)17(21)13-25-18(22)12-20(26(5,23)24)16-10-8-7-9-15(16)4/h7-10H,2,6,11-13H2,1,3-5H3. The number of hydrogen-bond donors (Lipinski definition) is 0. The highest BCUT2D eigenvalue weighted by atomic mass is 32.2. The molecule has 1 aromatic carbocycles. The topological polar surface area (TPSA) is 84.0 Å². The van der Waals surface area contributed by atoms with Gasteiger partial charge < -0.3 is 9.64 Å². The van der Waals surface area contributed by atoms with Crippen molar-refractivity contribution in [3.63, 3.8) is 0 Å². The van der Waals surface area contributed by atoms with E-state index in [9.17, 15) is 18.0 Å². The first-order valence-electron chi connectivity index (χ1n) is 8.17. The van der Waals surface area contributed by atoms with Crippen molar-refractivity contribution in [1.29, 1.82) is 0 Å². The Morgan fingerprint density at radius 2 is 1.81 bits per heavy atom. The van der Waals surface area contributed by atoms with Crippen molar-refractivity contribution in [3.05, 3.63) is 42.0 Å². The molecule has 0 radical (unpaired) electrons. The Hall–Kier alpha value is -2.35. The Balaban J connectivity index is 2.79. The summed E-state index contributed by atoms with van der Waals surface area (Å²) in [5.41, 5.74) is 1.92. The first-order valence-corrected chi connectivity index (χ1v) is 10.0. The zero-order valence-electron chi connectivity index (χ0n) is 15.7. The Bertz CT molecular complexity index is 774. The highest BCUT2D eigenvalue weighted by Crippen LogP contribution is 2.21. The highest BCUT2D eigenvalue weighted by Gasteiger charge is 2.23. The maximum absolute atomic E-state index is 12.1. The first-order chi connectivity index (χ1) is 12.1. The number of esters is 1. The van der Waals surface area contributed by atoms with Crippen LogP contribution in [-0.4, -0.2) is 57.7 Å². The number of ether oxygens (including phenoxy) is 1. The number of benzene rings is 1. The second-order valence-corrected chi connectivity index (χ2v) is 7.99. The lowest BCUT2D eigenvalue weighted by atomic mass is 10.2. The molecule has 0 aliphatic rings. The third kappa shape index (κ3) is 6.51. The molecule has 0 aliphatic carbocycles. The van der Waals surface area contributed by atoms with Crippen LogP contribution in [0.1, 0.15) is 19.4 Å². The van der Waals surface area contributed by atoms with Gasteiger partial charge in [0.2, 0.25) is 10.0 Å². The van der Waals surface area contributed by atoms with Gasteiger partial charge in [-0.3, -0.25) is 13.9 Å². The lowest BCUT2D eigenvalue weighted by Crippen LogP contribution is -2.39. The van der Waals surface area contributed by atoms with Gasteiger partial charge in [-0.2, -0.15) is 0 Å². The van der Waals surface area contributed by atoms with Crippen LogP contribution in [0.2, 0.25) is 0 Å². The molecule has 0 saturated heterocycles. The summed E-state index contributed by atoms with van der Waals surface area (Å²) >= 11 is 0. The molecule has 1 amide bonds. The Kier molecular flexibility index (Phi) is 7.82. The fraction of sp³-hybridized carbons (Fsp3) is 0.444. The molecule has 0 fully saturated rings. The molecule has 0 spiro atoms. The number of likely N-dealkylation sites (N-methyl/N-ethyl adjacent to an activating group) is 1. The van der Waals surface area contributed by atoms with E-state index in [0.29, 0.717) is 24.3 Å². The van der Waals surface area contributed by atoms with Crippen molar-refractivity contribution >= 4 is 27.6 Å². The molecule has 1 aromatic rings. The van der Waals surface area contributed by atoms with Crippen LogP contribution < -0.4 is 4.31 Å². The summed E-state index contributed by atoms with van der Waals surface area (Å²) in [6.45, 7) is 9.02. The van der Waals surface area contributed by atoms with Crippen LogP contribution in [0.15, 0.2) is 36.4 Å². The number of nitrogens with zero attached hydrogens (tertiary/aromatic N) is 2. The van der Waals surface area contributed by atoms with Crippen LogP contribution in [0, 0.1) is 6.92 Å². The molecule has 0 heterocycles. The summed E-state index contributed by atoms with van der Waals surface area (Å²) in [5, 5.41) is 0. The number of para-hydroxylation sites is 1. The van der Waals surface area contributed by atoms with Gasteiger partial charge in [-0.05, 0) is 32.4 Å². The van der Waals surface area contributed by atoms with E-state index in [4.69, 9.17) is 4.74 Å². The van der Waals surface area contributed by atoms with Gasteiger partial charge in [-0.25, -0.2) is 8.42 Å². The normalized spacial score (nSPS) is 10.9. The molecule has 7 nitrogen and oxygen atoms in total. The summed E-state index contributed by atoms with van der Waals surface area (Å²) in [4.78, 5) is 25.7. The van der Waals surface area contributed by atoms with E-state index in [2.05, 4.69) is 6.58 Å². The fourth-order valence-electron chi connectivity index (χ4n) is 2.32. The summed E-state index contributed by atoms with van der Waals surface area (Å²) in [6, 6.07) is 6.82. The van der Waals surface area contributed by atoms with Crippen LogP contribution in [0.5, 0.6) is 0 Å². The molecule has 144 valence electrons. The predicted octanol–water partition coefficient (Wildman–Crippen LogP) is 1.73.